The Bertz CT molecular complexity index is 1350. The van der Waals surface area contributed by atoms with Crippen molar-refractivity contribution in [1.29, 1.82) is 5.26 Å². The molecule has 1 saturated carbocycles. The fourth-order valence-electron chi connectivity index (χ4n) is 6.18. The summed E-state index contributed by atoms with van der Waals surface area (Å²) in [4.78, 5) is 5.75. The zero-order valence-corrected chi connectivity index (χ0v) is 22.0. The highest BCUT2D eigenvalue weighted by molar-refractivity contribution is 7.14. The molecule has 3 unspecified atom stereocenters. The molecule has 10 heteroatoms. The Kier molecular flexibility index (Phi) is 5.74. The largest absolute Gasteiger partial charge is 0.398 e. The van der Waals surface area contributed by atoms with Gasteiger partial charge in [-0.25, -0.2) is 0 Å². The van der Waals surface area contributed by atoms with Crippen molar-refractivity contribution in [2.24, 2.45) is 11.7 Å². The number of nitriles is 1. The van der Waals surface area contributed by atoms with E-state index in [4.69, 9.17) is 5.73 Å². The standard InChI is InChI=1S/C26H30N8S2/c1-14(29-13-15(2)34-20(12-27)8-19-9-21(19)34)11-26(25-30-32-33-31-25)23-17(6-7-35-23)4-5-18-10-22(16(3)28)36-24(18)26/h6-7,10,14,19-21,29H,2-5,8-9,11,13,28H2,1H3,(H,30,31,32,33)/t14-,19+,20?,21?,26?/m0/s1. The number of fused-ring (bicyclic) bond motifs is 3. The van der Waals surface area contributed by atoms with Gasteiger partial charge in [0.1, 0.15) is 11.5 Å². The number of rotatable bonds is 8. The van der Waals surface area contributed by atoms with Crippen LogP contribution in [0.4, 0.5) is 0 Å². The number of aromatic amines is 1. The van der Waals surface area contributed by atoms with E-state index in [1.807, 2.05) is 0 Å². The summed E-state index contributed by atoms with van der Waals surface area (Å²) < 4.78 is 0. The maximum atomic E-state index is 9.60. The normalized spacial score (nSPS) is 26.9. The molecule has 1 saturated heterocycles. The van der Waals surface area contributed by atoms with E-state index in [-0.39, 0.29) is 12.1 Å². The van der Waals surface area contributed by atoms with Crippen LogP contribution in [0.3, 0.4) is 0 Å². The van der Waals surface area contributed by atoms with Crippen LogP contribution in [0, 0.1) is 17.2 Å². The van der Waals surface area contributed by atoms with E-state index in [0.29, 0.717) is 30.0 Å². The molecule has 8 nitrogen and oxygen atoms in total. The first-order chi connectivity index (χ1) is 17.4. The highest BCUT2D eigenvalue weighted by Gasteiger charge is 2.52. The molecule has 3 aliphatic rings. The summed E-state index contributed by atoms with van der Waals surface area (Å²) in [6, 6.07) is 7.46. The summed E-state index contributed by atoms with van der Waals surface area (Å²) >= 11 is 3.46. The number of aryl methyl sites for hydroxylation is 2. The van der Waals surface area contributed by atoms with Crippen LogP contribution in [0.5, 0.6) is 0 Å². The van der Waals surface area contributed by atoms with Gasteiger partial charge in [-0.2, -0.15) is 10.5 Å². The third-order valence-corrected chi connectivity index (χ3v) is 10.5. The minimum Gasteiger partial charge on any atom is -0.398 e. The smallest absolute Gasteiger partial charge is 0.191 e. The van der Waals surface area contributed by atoms with Crippen LogP contribution >= 0.6 is 22.7 Å². The summed E-state index contributed by atoms with van der Waals surface area (Å²) in [6.45, 7) is 11.2. The van der Waals surface area contributed by atoms with E-state index in [1.165, 1.54) is 27.3 Å². The topological polar surface area (TPSA) is 120 Å². The van der Waals surface area contributed by atoms with Crippen LogP contribution < -0.4 is 11.1 Å². The third kappa shape index (κ3) is 3.69. The second-order valence-electron chi connectivity index (χ2n) is 10.3. The van der Waals surface area contributed by atoms with Crippen LogP contribution in [0.2, 0.25) is 0 Å². The molecule has 0 bridgehead atoms. The Morgan fingerprint density at radius 2 is 2.19 bits per heavy atom. The van der Waals surface area contributed by atoms with Crippen LogP contribution in [-0.4, -0.2) is 50.2 Å². The molecule has 0 spiro atoms. The number of hydrogen-bond donors (Lipinski definition) is 3. The van der Waals surface area contributed by atoms with Gasteiger partial charge in [-0.15, -0.1) is 32.9 Å². The second-order valence-corrected chi connectivity index (χ2v) is 12.3. The molecule has 4 N–H and O–H groups in total. The number of thiophene rings is 2. The van der Waals surface area contributed by atoms with Crippen molar-refractivity contribution >= 4 is 28.4 Å². The van der Waals surface area contributed by atoms with E-state index in [0.717, 1.165) is 36.3 Å². The number of nitrogens with two attached hydrogens (primary N) is 1. The SMILES string of the molecule is C=C(N)c1cc2c(s1)C(C[C@H](C)NCC(=C)N1C(C#N)C[C@@H]3CC31)(c1nn[nH]n1)c1sccc1CC2. The minimum absolute atomic E-state index is 0.0453. The molecule has 2 aliphatic carbocycles. The van der Waals surface area contributed by atoms with Crippen molar-refractivity contribution in [3.05, 3.63) is 68.0 Å². The van der Waals surface area contributed by atoms with Gasteiger partial charge in [-0.05, 0) is 73.6 Å². The Labute approximate surface area is 218 Å². The van der Waals surface area contributed by atoms with Gasteiger partial charge in [0.15, 0.2) is 5.82 Å². The molecule has 5 atom stereocenters. The number of hydrogen-bond acceptors (Lipinski definition) is 9. The van der Waals surface area contributed by atoms with E-state index in [1.54, 1.807) is 22.7 Å². The molecule has 0 aromatic carbocycles. The molecule has 4 heterocycles. The predicted molar refractivity (Wildman–Crippen MR) is 142 cm³/mol. The Hall–Kier alpha value is -3.00. The van der Waals surface area contributed by atoms with Crippen molar-refractivity contribution in [3.63, 3.8) is 0 Å². The number of likely N-dealkylation sites (tertiary alicyclic amines) is 1. The zero-order chi connectivity index (χ0) is 25.0. The van der Waals surface area contributed by atoms with Gasteiger partial charge in [0, 0.05) is 44.7 Å². The van der Waals surface area contributed by atoms with Crippen molar-refractivity contribution in [2.45, 2.75) is 62.6 Å². The summed E-state index contributed by atoms with van der Waals surface area (Å²) in [7, 11) is 0. The lowest BCUT2D eigenvalue weighted by atomic mass is 9.76. The molecule has 186 valence electrons. The van der Waals surface area contributed by atoms with Gasteiger partial charge in [0.25, 0.3) is 0 Å². The second kappa shape index (κ2) is 8.83. The van der Waals surface area contributed by atoms with Gasteiger partial charge in [-0.1, -0.05) is 18.4 Å². The summed E-state index contributed by atoms with van der Waals surface area (Å²) in [5.41, 5.74) is 9.81. The van der Waals surface area contributed by atoms with Crippen LogP contribution in [0.1, 0.15) is 57.8 Å². The van der Waals surface area contributed by atoms with E-state index < -0.39 is 5.41 Å². The Morgan fingerprint density at radius 3 is 2.94 bits per heavy atom. The maximum absolute atomic E-state index is 9.60. The quantitative estimate of drug-likeness (QED) is 0.417. The Balaban J connectivity index is 1.33. The molecule has 3 aromatic heterocycles. The number of nitrogens with zero attached hydrogens (tertiary/aromatic N) is 5. The number of nitrogens with one attached hydrogen (secondary N) is 2. The fourth-order valence-corrected chi connectivity index (χ4v) is 8.71. The monoisotopic (exact) mass is 518 g/mol. The van der Waals surface area contributed by atoms with E-state index in [2.05, 4.69) is 74.5 Å². The highest BCUT2D eigenvalue weighted by atomic mass is 32.1. The predicted octanol–water partition coefficient (Wildman–Crippen LogP) is 3.55. The van der Waals surface area contributed by atoms with Crippen molar-refractivity contribution in [2.75, 3.05) is 6.54 Å². The molecular formula is C26H30N8S2. The first kappa shape index (κ1) is 23.4. The van der Waals surface area contributed by atoms with Crippen LogP contribution in [0.15, 0.2) is 36.4 Å². The minimum atomic E-state index is -0.543. The van der Waals surface area contributed by atoms with Gasteiger partial charge in [0.05, 0.1) is 6.07 Å². The van der Waals surface area contributed by atoms with Gasteiger partial charge < -0.3 is 16.0 Å². The van der Waals surface area contributed by atoms with Gasteiger partial charge in [0.2, 0.25) is 0 Å². The molecule has 0 radical (unpaired) electrons. The number of aromatic nitrogens is 4. The van der Waals surface area contributed by atoms with E-state index >= 15 is 0 Å². The summed E-state index contributed by atoms with van der Waals surface area (Å²) in [5.74, 6) is 1.35. The molecular weight excluding hydrogens is 488 g/mol. The van der Waals surface area contributed by atoms with Crippen molar-refractivity contribution in [1.82, 2.24) is 30.8 Å². The van der Waals surface area contributed by atoms with E-state index in [9.17, 15) is 5.26 Å². The lowest BCUT2D eigenvalue weighted by Gasteiger charge is -2.34. The first-order valence-electron chi connectivity index (χ1n) is 12.4. The van der Waals surface area contributed by atoms with Gasteiger partial charge >= 0.3 is 0 Å². The molecule has 0 amide bonds. The molecule has 1 aliphatic heterocycles. The Morgan fingerprint density at radius 1 is 1.36 bits per heavy atom. The number of piperidine rings is 1. The van der Waals surface area contributed by atoms with Crippen molar-refractivity contribution < 1.29 is 0 Å². The summed E-state index contributed by atoms with van der Waals surface area (Å²) in [5, 5.41) is 31.3. The van der Waals surface area contributed by atoms with Gasteiger partial charge in [-0.3, -0.25) is 0 Å². The maximum Gasteiger partial charge on any atom is 0.191 e. The number of tetrazole rings is 1. The third-order valence-electron chi connectivity index (χ3n) is 7.92. The first-order valence-corrected chi connectivity index (χ1v) is 14.1. The average Bonchev–Trinajstić information content (AvgIpc) is 3.39. The summed E-state index contributed by atoms with van der Waals surface area (Å²) in [6.07, 6.45) is 4.81. The van der Waals surface area contributed by atoms with Crippen LogP contribution in [0.25, 0.3) is 5.70 Å². The highest BCUT2D eigenvalue weighted by Crippen LogP contribution is 2.52. The lowest BCUT2D eigenvalue weighted by molar-refractivity contribution is 0.310. The fraction of sp³-hybridized carbons (Fsp3) is 0.462. The van der Waals surface area contributed by atoms with Crippen molar-refractivity contribution in [3.8, 4) is 6.07 Å². The zero-order valence-electron chi connectivity index (χ0n) is 20.3. The lowest BCUT2D eigenvalue weighted by Crippen LogP contribution is -2.42. The molecule has 2 fully saturated rings. The average molecular weight is 519 g/mol. The van der Waals surface area contributed by atoms with Crippen LogP contribution in [-0.2, 0) is 18.3 Å². The number of H-pyrrole nitrogens is 1. The molecule has 36 heavy (non-hydrogen) atoms. The molecule has 3 aromatic rings. The molecule has 6 rings (SSSR count).